The van der Waals surface area contributed by atoms with E-state index < -0.39 is 16.1 Å². The molecule has 8 heteroatoms. The fraction of sp³-hybridized carbons (Fsp3) is 0.308. The van der Waals surface area contributed by atoms with E-state index in [1.54, 1.807) is 6.92 Å². The molecule has 0 bridgehead atoms. The molecule has 1 unspecified atom stereocenters. The van der Waals surface area contributed by atoms with Crippen molar-refractivity contribution in [2.45, 2.75) is 24.8 Å². The number of ether oxygens (including phenoxy) is 1. The summed E-state index contributed by atoms with van der Waals surface area (Å²) in [7, 11) is -3.71. The Hall–Kier alpha value is -2.06. The van der Waals surface area contributed by atoms with Gasteiger partial charge in [-0.2, -0.15) is 5.10 Å². The van der Waals surface area contributed by atoms with E-state index in [2.05, 4.69) is 14.9 Å². The van der Waals surface area contributed by atoms with Crippen molar-refractivity contribution in [1.29, 1.82) is 0 Å². The zero-order chi connectivity index (χ0) is 15.5. The summed E-state index contributed by atoms with van der Waals surface area (Å²) in [5.41, 5.74) is 6.64. The summed E-state index contributed by atoms with van der Waals surface area (Å²) in [5, 5.41) is 5.99. The maximum absolute atomic E-state index is 12.1. The molecule has 2 aromatic rings. The van der Waals surface area contributed by atoms with Gasteiger partial charge < -0.3 is 10.5 Å². The van der Waals surface area contributed by atoms with Crippen molar-refractivity contribution in [3.8, 4) is 5.75 Å². The molecule has 0 saturated heterocycles. The molecule has 2 rings (SSSR count). The van der Waals surface area contributed by atoms with Gasteiger partial charge in [0, 0.05) is 0 Å². The minimum atomic E-state index is -3.71. The van der Waals surface area contributed by atoms with Crippen LogP contribution in [0.25, 0.3) is 0 Å². The van der Waals surface area contributed by atoms with Crippen molar-refractivity contribution < 1.29 is 13.2 Å². The van der Waals surface area contributed by atoms with Gasteiger partial charge in [0.1, 0.15) is 23.1 Å². The highest BCUT2D eigenvalue weighted by Gasteiger charge is 2.21. The number of nitrogens with two attached hydrogens (primary N) is 1. The first-order valence-corrected chi connectivity index (χ1v) is 7.87. The molecule has 0 spiro atoms. The molecule has 1 heterocycles. The highest BCUT2D eigenvalue weighted by molar-refractivity contribution is 7.89. The van der Waals surface area contributed by atoms with Crippen molar-refractivity contribution in [2.75, 3.05) is 12.3 Å². The molecule has 0 amide bonds. The van der Waals surface area contributed by atoms with E-state index in [9.17, 15) is 8.42 Å². The second kappa shape index (κ2) is 6.15. The minimum Gasteiger partial charge on any atom is -0.492 e. The first kappa shape index (κ1) is 15.3. The van der Waals surface area contributed by atoms with Crippen LogP contribution in [0, 0.1) is 6.92 Å². The predicted molar refractivity (Wildman–Crippen MR) is 79.5 cm³/mol. The van der Waals surface area contributed by atoms with E-state index in [0.29, 0.717) is 5.75 Å². The second-order valence-corrected chi connectivity index (χ2v) is 6.48. The molecule has 0 aliphatic heterocycles. The Balaban J connectivity index is 1.94. The Kier molecular flexibility index (Phi) is 4.49. The molecule has 0 saturated carbocycles. The predicted octanol–water partition coefficient (Wildman–Crippen LogP) is 1.05. The lowest BCUT2D eigenvalue weighted by molar-refractivity contribution is 0.287. The van der Waals surface area contributed by atoms with E-state index in [0.717, 1.165) is 5.56 Å². The summed E-state index contributed by atoms with van der Waals surface area (Å²) in [6, 6.07) is 7.12. The number of nitrogens with zero attached hydrogens (tertiary/aromatic N) is 1. The molecule has 1 aromatic heterocycles. The molecule has 0 fully saturated rings. The standard InChI is InChI=1S/C13H18N4O3S/c1-9-3-5-11(6-4-9)20-8-10(2)17-21(18,19)12-7-15-16-13(12)14/h3-7,10,17H,8H2,1-2H3,(H3,14,15,16). The lowest BCUT2D eigenvalue weighted by Crippen LogP contribution is -2.36. The lowest BCUT2D eigenvalue weighted by atomic mass is 10.2. The quantitative estimate of drug-likeness (QED) is 0.738. The van der Waals surface area contributed by atoms with Crippen LogP contribution in [-0.4, -0.2) is 31.3 Å². The number of aromatic nitrogens is 2. The average molecular weight is 310 g/mol. The molecule has 1 aromatic carbocycles. The Morgan fingerprint density at radius 1 is 1.38 bits per heavy atom. The lowest BCUT2D eigenvalue weighted by Gasteiger charge is -2.15. The van der Waals surface area contributed by atoms with E-state index >= 15 is 0 Å². The van der Waals surface area contributed by atoms with Crippen LogP contribution in [-0.2, 0) is 10.0 Å². The summed E-state index contributed by atoms with van der Waals surface area (Å²) in [6.45, 7) is 3.90. The number of anilines is 1. The number of aryl methyl sites for hydroxylation is 1. The number of sulfonamides is 1. The molecule has 114 valence electrons. The number of hydrogen-bond acceptors (Lipinski definition) is 5. The Morgan fingerprint density at radius 2 is 2.05 bits per heavy atom. The SMILES string of the molecule is Cc1ccc(OCC(C)NS(=O)(=O)c2cn[nH]c2N)cc1. The number of H-pyrrole nitrogens is 1. The fourth-order valence-electron chi connectivity index (χ4n) is 1.72. The molecular weight excluding hydrogens is 292 g/mol. The van der Waals surface area contributed by atoms with Crippen molar-refractivity contribution >= 4 is 15.8 Å². The van der Waals surface area contributed by atoms with Crippen LogP contribution in [0.2, 0.25) is 0 Å². The third-order valence-electron chi connectivity index (χ3n) is 2.80. The van der Waals surface area contributed by atoms with Gasteiger partial charge in [0.15, 0.2) is 0 Å². The summed E-state index contributed by atoms with van der Waals surface area (Å²) in [5.74, 6) is 0.698. The summed E-state index contributed by atoms with van der Waals surface area (Å²) in [4.78, 5) is -0.0651. The number of rotatable bonds is 6. The van der Waals surface area contributed by atoms with Gasteiger partial charge in [0.25, 0.3) is 0 Å². The highest BCUT2D eigenvalue weighted by Crippen LogP contribution is 2.15. The monoisotopic (exact) mass is 310 g/mol. The second-order valence-electron chi connectivity index (χ2n) is 4.79. The number of nitrogens with one attached hydrogen (secondary N) is 2. The van der Waals surface area contributed by atoms with Crippen LogP contribution in [0.3, 0.4) is 0 Å². The van der Waals surface area contributed by atoms with Crippen molar-refractivity contribution in [1.82, 2.24) is 14.9 Å². The Labute approximate surface area is 123 Å². The number of aromatic amines is 1. The van der Waals surface area contributed by atoms with Crippen molar-refractivity contribution in [3.63, 3.8) is 0 Å². The Morgan fingerprint density at radius 3 is 2.62 bits per heavy atom. The van der Waals surface area contributed by atoms with Crippen molar-refractivity contribution in [3.05, 3.63) is 36.0 Å². The van der Waals surface area contributed by atoms with E-state index in [4.69, 9.17) is 10.5 Å². The topological polar surface area (TPSA) is 110 Å². The Bertz CT molecular complexity index is 694. The maximum atomic E-state index is 12.1. The molecule has 21 heavy (non-hydrogen) atoms. The number of nitrogen functional groups attached to an aromatic ring is 1. The van der Waals surface area contributed by atoms with Gasteiger partial charge in [0.2, 0.25) is 10.0 Å². The summed E-state index contributed by atoms with van der Waals surface area (Å²) < 4.78 is 32.2. The maximum Gasteiger partial charge on any atom is 0.246 e. The zero-order valence-electron chi connectivity index (χ0n) is 11.8. The van der Waals surface area contributed by atoms with Gasteiger partial charge in [0.05, 0.1) is 12.2 Å². The molecular formula is C13H18N4O3S. The van der Waals surface area contributed by atoms with Crippen LogP contribution in [0.15, 0.2) is 35.4 Å². The van der Waals surface area contributed by atoms with Crippen LogP contribution in [0.1, 0.15) is 12.5 Å². The molecule has 0 aliphatic rings. The third kappa shape index (κ3) is 3.96. The van der Waals surface area contributed by atoms with Gasteiger partial charge in [-0.25, -0.2) is 13.1 Å². The van der Waals surface area contributed by atoms with Gasteiger partial charge in [-0.05, 0) is 26.0 Å². The van der Waals surface area contributed by atoms with Crippen LogP contribution in [0.5, 0.6) is 5.75 Å². The van der Waals surface area contributed by atoms with Crippen LogP contribution < -0.4 is 15.2 Å². The van der Waals surface area contributed by atoms with Crippen molar-refractivity contribution in [2.24, 2.45) is 0 Å². The number of hydrogen-bond donors (Lipinski definition) is 3. The van der Waals surface area contributed by atoms with E-state index in [1.807, 2.05) is 31.2 Å². The van der Waals surface area contributed by atoms with Gasteiger partial charge in [-0.3, -0.25) is 5.10 Å². The van der Waals surface area contributed by atoms with Crippen LogP contribution in [0.4, 0.5) is 5.82 Å². The van der Waals surface area contributed by atoms with Gasteiger partial charge in [-0.1, -0.05) is 17.7 Å². The third-order valence-corrected chi connectivity index (χ3v) is 4.42. The largest absolute Gasteiger partial charge is 0.492 e. The summed E-state index contributed by atoms with van der Waals surface area (Å²) in [6.07, 6.45) is 1.17. The first-order chi connectivity index (χ1) is 9.88. The number of benzene rings is 1. The van der Waals surface area contributed by atoms with Crippen LogP contribution >= 0.6 is 0 Å². The molecule has 4 N–H and O–H groups in total. The fourth-order valence-corrected chi connectivity index (χ4v) is 2.97. The average Bonchev–Trinajstić information content (AvgIpc) is 2.85. The smallest absolute Gasteiger partial charge is 0.246 e. The van der Waals surface area contributed by atoms with E-state index in [-0.39, 0.29) is 17.3 Å². The first-order valence-electron chi connectivity index (χ1n) is 6.39. The highest BCUT2D eigenvalue weighted by atomic mass is 32.2. The molecule has 0 radical (unpaired) electrons. The zero-order valence-corrected chi connectivity index (χ0v) is 12.6. The normalized spacial score (nSPS) is 13.0. The molecule has 0 aliphatic carbocycles. The summed E-state index contributed by atoms with van der Waals surface area (Å²) >= 11 is 0. The van der Waals surface area contributed by atoms with Gasteiger partial charge in [-0.15, -0.1) is 0 Å². The van der Waals surface area contributed by atoms with E-state index in [1.165, 1.54) is 6.20 Å². The minimum absolute atomic E-state index is 0.00847. The molecule has 1 atom stereocenters. The molecule has 7 nitrogen and oxygen atoms in total. The van der Waals surface area contributed by atoms with Gasteiger partial charge >= 0.3 is 0 Å².